The summed E-state index contributed by atoms with van der Waals surface area (Å²) in [7, 11) is 3.95. The molecule has 0 saturated heterocycles. The molecule has 1 aromatic carbocycles. The Morgan fingerprint density at radius 1 is 1.17 bits per heavy atom. The third-order valence-electron chi connectivity index (χ3n) is 4.28. The predicted molar refractivity (Wildman–Crippen MR) is 110 cm³/mol. The lowest BCUT2D eigenvalue weighted by Crippen LogP contribution is -2.27. The van der Waals surface area contributed by atoms with Crippen LogP contribution in [0.4, 0.5) is 5.69 Å². The molecule has 0 radical (unpaired) electrons. The lowest BCUT2D eigenvalue weighted by molar-refractivity contribution is 0.0949. The van der Waals surface area contributed by atoms with Crippen LogP contribution in [0.5, 0.6) is 0 Å². The van der Waals surface area contributed by atoms with E-state index in [1.807, 2.05) is 25.1 Å². The van der Waals surface area contributed by atoms with Crippen LogP contribution in [-0.2, 0) is 0 Å². The number of nitrogens with zero attached hydrogens (tertiary/aromatic N) is 4. The van der Waals surface area contributed by atoms with Crippen molar-refractivity contribution in [2.24, 2.45) is 0 Å². The van der Waals surface area contributed by atoms with Crippen LogP contribution in [0.15, 0.2) is 48.7 Å². The SMILES string of the molecule is CN(C)CCCNC(=O)c1nc(C(=O)Nc2cccc(C#N)c2)n2ccccc12. The largest absolute Gasteiger partial charge is 0.351 e. The van der Waals surface area contributed by atoms with Gasteiger partial charge in [-0.2, -0.15) is 5.26 Å². The van der Waals surface area contributed by atoms with Crippen LogP contribution in [0, 0.1) is 11.3 Å². The number of nitriles is 1. The number of carbonyl (C=O) groups is 2. The van der Waals surface area contributed by atoms with Gasteiger partial charge < -0.3 is 15.5 Å². The first-order chi connectivity index (χ1) is 14.0. The number of aromatic nitrogens is 2. The van der Waals surface area contributed by atoms with Crippen LogP contribution in [0.3, 0.4) is 0 Å². The van der Waals surface area contributed by atoms with Crippen LogP contribution in [0.1, 0.15) is 33.1 Å². The van der Waals surface area contributed by atoms with E-state index in [1.165, 1.54) is 0 Å². The lowest BCUT2D eigenvalue weighted by Gasteiger charge is -2.09. The third-order valence-corrected chi connectivity index (χ3v) is 4.28. The average molecular weight is 390 g/mol. The molecule has 0 atom stereocenters. The fourth-order valence-corrected chi connectivity index (χ4v) is 2.90. The fourth-order valence-electron chi connectivity index (χ4n) is 2.90. The molecule has 2 aromatic heterocycles. The molecule has 0 aliphatic rings. The van der Waals surface area contributed by atoms with Crippen molar-refractivity contribution in [3.8, 4) is 6.07 Å². The molecule has 0 spiro atoms. The van der Waals surface area contributed by atoms with Crippen LogP contribution >= 0.6 is 0 Å². The maximum absolute atomic E-state index is 12.8. The van der Waals surface area contributed by atoms with Crippen LogP contribution in [-0.4, -0.2) is 53.3 Å². The van der Waals surface area contributed by atoms with Gasteiger partial charge in [-0.05, 0) is 57.4 Å². The first kappa shape index (κ1) is 20.0. The molecule has 8 heteroatoms. The number of fused-ring (bicyclic) bond motifs is 1. The zero-order chi connectivity index (χ0) is 20.8. The van der Waals surface area contributed by atoms with Crippen molar-refractivity contribution < 1.29 is 9.59 Å². The predicted octanol–water partition coefficient (Wildman–Crippen LogP) is 2.14. The van der Waals surface area contributed by atoms with Crippen LogP contribution in [0.25, 0.3) is 5.52 Å². The molecule has 2 heterocycles. The van der Waals surface area contributed by atoms with Gasteiger partial charge in [0.15, 0.2) is 5.69 Å². The van der Waals surface area contributed by atoms with E-state index in [-0.39, 0.29) is 17.4 Å². The lowest BCUT2D eigenvalue weighted by atomic mass is 10.2. The Morgan fingerprint density at radius 2 is 2.00 bits per heavy atom. The molecule has 148 valence electrons. The summed E-state index contributed by atoms with van der Waals surface area (Å²) in [5, 5.41) is 14.6. The number of amides is 2. The summed E-state index contributed by atoms with van der Waals surface area (Å²) in [6.07, 6.45) is 2.50. The van der Waals surface area contributed by atoms with Gasteiger partial charge in [-0.15, -0.1) is 0 Å². The van der Waals surface area contributed by atoms with E-state index in [4.69, 9.17) is 5.26 Å². The number of pyridine rings is 1. The fraction of sp³-hybridized carbons (Fsp3) is 0.238. The number of hydrogen-bond donors (Lipinski definition) is 2. The third kappa shape index (κ3) is 4.78. The number of rotatable bonds is 7. The van der Waals surface area contributed by atoms with Crippen molar-refractivity contribution in [1.82, 2.24) is 19.6 Å². The van der Waals surface area contributed by atoms with Crippen molar-refractivity contribution in [2.45, 2.75) is 6.42 Å². The molecule has 8 nitrogen and oxygen atoms in total. The van der Waals surface area contributed by atoms with Gasteiger partial charge in [0.05, 0.1) is 17.1 Å². The number of hydrogen-bond acceptors (Lipinski definition) is 5. The molecule has 29 heavy (non-hydrogen) atoms. The molecule has 0 aliphatic heterocycles. The van der Waals surface area contributed by atoms with Crippen molar-refractivity contribution in [3.05, 3.63) is 65.7 Å². The van der Waals surface area contributed by atoms with Gasteiger partial charge in [-0.25, -0.2) is 4.98 Å². The molecule has 0 bridgehead atoms. The Morgan fingerprint density at radius 3 is 2.76 bits per heavy atom. The molecule has 0 fully saturated rings. The van der Waals surface area contributed by atoms with Gasteiger partial charge in [0.25, 0.3) is 11.8 Å². The van der Waals surface area contributed by atoms with Gasteiger partial charge in [-0.1, -0.05) is 12.1 Å². The minimum absolute atomic E-state index is 0.0985. The van der Waals surface area contributed by atoms with E-state index >= 15 is 0 Å². The molecule has 0 saturated carbocycles. The number of imidazole rings is 1. The zero-order valence-corrected chi connectivity index (χ0v) is 16.3. The maximum Gasteiger partial charge on any atom is 0.292 e. The molecule has 2 N–H and O–H groups in total. The molecule has 3 aromatic rings. The first-order valence-corrected chi connectivity index (χ1v) is 9.21. The number of carbonyl (C=O) groups excluding carboxylic acids is 2. The van der Waals surface area contributed by atoms with Crippen molar-refractivity contribution in [3.63, 3.8) is 0 Å². The van der Waals surface area contributed by atoms with Crippen LogP contribution < -0.4 is 10.6 Å². The molecule has 3 rings (SSSR count). The van der Waals surface area contributed by atoms with Gasteiger partial charge in [0.2, 0.25) is 5.82 Å². The number of anilines is 1. The summed E-state index contributed by atoms with van der Waals surface area (Å²) >= 11 is 0. The Hall–Kier alpha value is -3.70. The van der Waals surface area contributed by atoms with Crippen LogP contribution in [0.2, 0.25) is 0 Å². The summed E-state index contributed by atoms with van der Waals surface area (Å²) in [5.41, 5.74) is 1.67. The molecular formula is C21H22N6O2. The summed E-state index contributed by atoms with van der Waals surface area (Å²) in [5.74, 6) is -0.688. The van der Waals surface area contributed by atoms with Gasteiger partial charge in [0, 0.05) is 18.4 Å². The van der Waals surface area contributed by atoms with Gasteiger partial charge in [0.1, 0.15) is 0 Å². The van der Waals surface area contributed by atoms with E-state index in [0.717, 1.165) is 13.0 Å². The highest BCUT2D eigenvalue weighted by Crippen LogP contribution is 2.16. The Labute approximate surface area is 168 Å². The minimum atomic E-state index is -0.465. The summed E-state index contributed by atoms with van der Waals surface area (Å²) in [6, 6.07) is 13.9. The standard InChI is InChI=1S/C21H22N6O2/c1-26(2)11-6-10-23-20(28)18-17-9-3-4-12-27(17)19(25-18)21(29)24-16-8-5-7-15(13-16)14-22/h3-5,7-9,12-13H,6,10-11H2,1-2H3,(H,23,28)(H,24,29). The normalized spacial score (nSPS) is 10.7. The van der Waals surface area contributed by atoms with Gasteiger partial charge >= 0.3 is 0 Å². The second-order valence-corrected chi connectivity index (χ2v) is 6.80. The summed E-state index contributed by atoms with van der Waals surface area (Å²) in [6.45, 7) is 1.38. The highest BCUT2D eigenvalue weighted by atomic mass is 16.2. The van der Waals surface area contributed by atoms with Crippen molar-refractivity contribution in [2.75, 3.05) is 32.5 Å². The first-order valence-electron chi connectivity index (χ1n) is 9.21. The van der Waals surface area contributed by atoms with E-state index in [1.54, 1.807) is 53.1 Å². The Balaban J connectivity index is 1.82. The van der Waals surface area contributed by atoms with Gasteiger partial charge in [-0.3, -0.25) is 14.0 Å². The molecule has 0 aliphatic carbocycles. The van der Waals surface area contributed by atoms with Crippen molar-refractivity contribution >= 4 is 23.0 Å². The highest BCUT2D eigenvalue weighted by Gasteiger charge is 2.21. The topological polar surface area (TPSA) is 103 Å². The second-order valence-electron chi connectivity index (χ2n) is 6.80. The Bertz CT molecular complexity index is 1080. The molecular weight excluding hydrogens is 368 g/mol. The van der Waals surface area contributed by atoms with E-state index < -0.39 is 5.91 Å². The van der Waals surface area contributed by atoms with E-state index in [2.05, 4.69) is 15.6 Å². The van der Waals surface area contributed by atoms with Crippen molar-refractivity contribution in [1.29, 1.82) is 5.26 Å². The second kappa shape index (κ2) is 8.99. The minimum Gasteiger partial charge on any atom is -0.351 e. The highest BCUT2D eigenvalue weighted by molar-refractivity contribution is 6.06. The maximum atomic E-state index is 12.8. The van der Waals surface area contributed by atoms with E-state index in [9.17, 15) is 9.59 Å². The smallest absolute Gasteiger partial charge is 0.292 e. The van der Waals surface area contributed by atoms with E-state index in [0.29, 0.717) is 23.3 Å². The monoisotopic (exact) mass is 390 g/mol. The quantitative estimate of drug-likeness (QED) is 0.602. The number of nitrogens with one attached hydrogen (secondary N) is 2. The molecule has 0 unspecified atom stereocenters. The number of benzene rings is 1. The summed E-state index contributed by atoms with van der Waals surface area (Å²) < 4.78 is 1.58. The summed E-state index contributed by atoms with van der Waals surface area (Å²) in [4.78, 5) is 31.7. The average Bonchev–Trinajstić information content (AvgIpc) is 3.11. The molecule has 2 amide bonds. The zero-order valence-electron chi connectivity index (χ0n) is 16.3. The Kier molecular flexibility index (Phi) is 6.22.